The van der Waals surface area contributed by atoms with Gasteiger partial charge in [-0.2, -0.15) is 5.10 Å². The second-order valence-electron chi connectivity index (χ2n) is 9.00. The zero-order valence-corrected chi connectivity index (χ0v) is 26.6. The van der Waals surface area contributed by atoms with Crippen molar-refractivity contribution >= 4 is 76.8 Å². The Morgan fingerprint density at radius 3 is 2.44 bits per heavy atom. The number of ether oxygens (including phenoxy) is 2. The third-order valence-electron chi connectivity index (χ3n) is 6.23. The Balaban J connectivity index is 1.48. The molecule has 5 aromatic rings. The van der Waals surface area contributed by atoms with Crippen LogP contribution < -0.4 is 14.9 Å². The molecule has 0 aliphatic rings. The quantitative estimate of drug-likeness (QED) is 0.0759. The van der Waals surface area contributed by atoms with Gasteiger partial charge in [0.25, 0.3) is 5.91 Å². The maximum atomic E-state index is 13.5. The standard InChI is InChI=1S/C31H22Br3N3O4/c1-17-7-6-10-19(13-17)31(39)41-29-20(14-21(32)15-23(29)34)16-35-37-30(38)28-25(18-8-4-3-5-9-18)26-22(33)11-12-24(40-2)27(26)36-28/h3-16,36H,1-2H3,(H,37,38). The summed E-state index contributed by atoms with van der Waals surface area (Å²) in [5.74, 6) is -0.109. The molecule has 0 radical (unpaired) electrons. The number of halogens is 3. The van der Waals surface area contributed by atoms with Gasteiger partial charge in [0.1, 0.15) is 11.4 Å². The Labute approximate surface area is 261 Å². The zero-order chi connectivity index (χ0) is 29.1. The van der Waals surface area contributed by atoms with Gasteiger partial charge in [-0.05, 0) is 64.8 Å². The third kappa shape index (κ3) is 6.14. The lowest BCUT2D eigenvalue weighted by Crippen LogP contribution is -2.19. The van der Waals surface area contributed by atoms with E-state index in [4.69, 9.17) is 9.47 Å². The first-order valence-electron chi connectivity index (χ1n) is 12.3. The number of hydrogen-bond acceptors (Lipinski definition) is 5. The first-order chi connectivity index (χ1) is 19.8. The van der Waals surface area contributed by atoms with Crippen molar-refractivity contribution in [3.63, 3.8) is 0 Å². The number of rotatable bonds is 7. The van der Waals surface area contributed by atoms with Crippen molar-refractivity contribution in [3.8, 4) is 22.6 Å². The number of nitrogens with zero attached hydrogens (tertiary/aromatic N) is 1. The second kappa shape index (κ2) is 12.4. The first kappa shape index (κ1) is 28.8. The molecule has 4 aromatic carbocycles. The number of methoxy groups -OCH3 is 1. The molecule has 1 aromatic heterocycles. The minimum Gasteiger partial charge on any atom is -0.495 e. The molecular weight excluding hydrogens is 718 g/mol. The number of amides is 1. The van der Waals surface area contributed by atoms with Crippen molar-refractivity contribution in [2.24, 2.45) is 5.10 Å². The number of aromatic amines is 1. The number of esters is 1. The van der Waals surface area contributed by atoms with Gasteiger partial charge in [-0.3, -0.25) is 4.79 Å². The molecule has 0 spiro atoms. The Bertz CT molecular complexity index is 1820. The van der Waals surface area contributed by atoms with Crippen LogP contribution in [0.25, 0.3) is 22.0 Å². The topological polar surface area (TPSA) is 92.8 Å². The van der Waals surface area contributed by atoms with E-state index < -0.39 is 11.9 Å². The van der Waals surface area contributed by atoms with Gasteiger partial charge in [-0.1, -0.05) is 79.9 Å². The lowest BCUT2D eigenvalue weighted by atomic mass is 10.0. The summed E-state index contributed by atoms with van der Waals surface area (Å²) in [5, 5.41) is 5.02. The van der Waals surface area contributed by atoms with Crippen LogP contribution in [0.3, 0.4) is 0 Å². The summed E-state index contributed by atoms with van der Waals surface area (Å²) < 4.78 is 13.4. The highest BCUT2D eigenvalue weighted by molar-refractivity contribution is 9.11. The van der Waals surface area contributed by atoms with Crippen molar-refractivity contribution < 1.29 is 19.1 Å². The summed E-state index contributed by atoms with van der Waals surface area (Å²) >= 11 is 10.6. The van der Waals surface area contributed by atoms with Crippen LogP contribution in [0.5, 0.6) is 11.5 Å². The average Bonchev–Trinajstić information content (AvgIpc) is 3.37. The van der Waals surface area contributed by atoms with Gasteiger partial charge < -0.3 is 14.5 Å². The summed E-state index contributed by atoms with van der Waals surface area (Å²) in [6, 6.07) is 23.9. The molecule has 0 bridgehead atoms. The largest absolute Gasteiger partial charge is 0.495 e. The summed E-state index contributed by atoms with van der Waals surface area (Å²) in [5.41, 5.74) is 6.98. The number of benzene rings is 4. The van der Waals surface area contributed by atoms with Gasteiger partial charge >= 0.3 is 5.97 Å². The number of hydrogen-bond donors (Lipinski definition) is 2. The van der Waals surface area contributed by atoms with E-state index in [-0.39, 0.29) is 5.75 Å². The molecule has 0 fully saturated rings. The molecule has 10 heteroatoms. The minimum atomic E-state index is -0.513. The smallest absolute Gasteiger partial charge is 0.343 e. The van der Waals surface area contributed by atoms with Gasteiger partial charge in [0.05, 0.1) is 28.9 Å². The Morgan fingerprint density at radius 2 is 1.71 bits per heavy atom. The molecule has 0 atom stereocenters. The van der Waals surface area contributed by atoms with Crippen LogP contribution in [0.4, 0.5) is 0 Å². The molecule has 7 nitrogen and oxygen atoms in total. The molecule has 41 heavy (non-hydrogen) atoms. The molecule has 5 rings (SSSR count). The number of nitrogens with one attached hydrogen (secondary N) is 2. The van der Waals surface area contributed by atoms with Crippen molar-refractivity contribution in [2.45, 2.75) is 6.92 Å². The third-order valence-corrected chi connectivity index (χ3v) is 7.94. The Kier molecular flexibility index (Phi) is 8.72. The maximum absolute atomic E-state index is 13.5. The van der Waals surface area contributed by atoms with Gasteiger partial charge in [0, 0.05) is 25.5 Å². The fourth-order valence-electron chi connectivity index (χ4n) is 4.40. The Morgan fingerprint density at radius 1 is 0.927 bits per heavy atom. The molecule has 0 saturated carbocycles. The SMILES string of the molecule is COc1ccc(Br)c2c(-c3ccccc3)c(C(=O)NN=Cc3cc(Br)cc(Br)c3OC(=O)c3cccc(C)c3)[nH]c12. The number of fused-ring (bicyclic) bond motifs is 1. The molecule has 2 N–H and O–H groups in total. The highest BCUT2D eigenvalue weighted by Crippen LogP contribution is 2.41. The Hall–Kier alpha value is -3.73. The van der Waals surface area contributed by atoms with Crippen molar-refractivity contribution in [3.05, 3.63) is 115 Å². The van der Waals surface area contributed by atoms with E-state index in [1.54, 1.807) is 37.4 Å². The number of H-pyrrole nitrogens is 1. The number of aromatic nitrogens is 1. The molecule has 0 saturated heterocycles. The predicted octanol–water partition coefficient (Wildman–Crippen LogP) is 8.42. The van der Waals surface area contributed by atoms with Crippen LogP contribution in [0, 0.1) is 6.92 Å². The number of aryl methyl sites for hydroxylation is 1. The number of carbonyl (C=O) groups excluding carboxylic acids is 2. The zero-order valence-electron chi connectivity index (χ0n) is 21.8. The minimum absolute atomic E-state index is 0.266. The maximum Gasteiger partial charge on any atom is 0.343 e. The molecule has 0 unspecified atom stereocenters. The van der Waals surface area contributed by atoms with Gasteiger partial charge in [0.15, 0.2) is 5.75 Å². The molecule has 0 aliphatic heterocycles. The van der Waals surface area contributed by atoms with E-state index in [9.17, 15) is 9.59 Å². The molecule has 1 heterocycles. The van der Waals surface area contributed by atoms with Crippen LogP contribution in [0.15, 0.2) is 97.4 Å². The average molecular weight is 740 g/mol. The monoisotopic (exact) mass is 737 g/mol. The van der Waals surface area contributed by atoms with Crippen molar-refractivity contribution in [1.82, 2.24) is 10.4 Å². The van der Waals surface area contributed by atoms with E-state index in [2.05, 4.69) is 63.3 Å². The van der Waals surface area contributed by atoms with Crippen LogP contribution in [-0.2, 0) is 0 Å². The van der Waals surface area contributed by atoms with Crippen molar-refractivity contribution in [1.29, 1.82) is 0 Å². The fraction of sp³-hybridized carbons (Fsp3) is 0.0645. The van der Waals surface area contributed by atoms with E-state index in [1.165, 1.54) is 6.21 Å². The summed E-state index contributed by atoms with van der Waals surface area (Å²) in [7, 11) is 1.58. The lowest BCUT2D eigenvalue weighted by molar-refractivity contribution is 0.0732. The molecule has 0 aliphatic carbocycles. The van der Waals surface area contributed by atoms with Gasteiger partial charge in [0.2, 0.25) is 0 Å². The fourth-order valence-corrected chi connectivity index (χ4v) is 6.26. The first-order valence-corrected chi connectivity index (χ1v) is 14.7. The van der Waals surface area contributed by atoms with Crippen LogP contribution in [-0.4, -0.2) is 30.2 Å². The second-order valence-corrected chi connectivity index (χ2v) is 11.6. The predicted molar refractivity (Wildman–Crippen MR) is 171 cm³/mol. The normalized spacial score (nSPS) is 11.1. The van der Waals surface area contributed by atoms with E-state index >= 15 is 0 Å². The lowest BCUT2D eigenvalue weighted by Gasteiger charge is -2.11. The summed E-state index contributed by atoms with van der Waals surface area (Å²) in [6.45, 7) is 1.90. The van der Waals surface area contributed by atoms with Crippen molar-refractivity contribution in [2.75, 3.05) is 7.11 Å². The highest BCUT2D eigenvalue weighted by Gasteiger charge is 2.23. The summed E-state index contributed by atoms with van der Waals surface area (Å²) in [4.78, 5) is 29.6. The number of carbonyl (C=O) groups is 2. The summed E-state index contributed by atoms with van der Waals surface area (Å²) in [6.07, 6.45) is 1.42. The van der Waals surface area contributed by atoms with Crippen LogP contribution >= 0.6 is 47.8 Å². The van der Waals surface area contributed by atoms with Crippen LogP contribution in [0.1, 0.15) is 32.0 Å². The number of hydrazone groups is 1. The molecule has 206 valence electrons. The van der Waals surface area contributed by atoms with Gasteiger partial charge in [-0.15, -0.1) is 0 Å². The van der Waals surface area contributed by atoms with Crippen LogP contribution in [0.2, 0.25) is 0 Å². The van der Waals surface area contributed by atoms with E-state index in [0.29, 0.717) is 38.1 Å². The molecule has 1 amide bonds. The van der Waals surface area contributed by atoms with E-state index in [1.807, 2.05) is 55.5 Å². The van der Waals surface area contributed by atoms with Gasteiger partial charge in [-0.25, -0.2) is 10.2 Å². The van der Waals surface area contributed by atoms with E-state index in [0.717, 1.165) is 25.5 Å². The highest BCUT2D eigenvalue weighted by atomic mass is 79.9. The molecular formula is C31H22Br3N3O4.